The fraction of sp³-hybridized carbons (Fsp3) is 0.333. The molecule has 2 rings (SSSR count). The lowest BCUT2D eigenvalue weighted by Crippen LogP contribution is -2.29. The first-order valence-electron chi connectivity index (χ1n) is 7.49. The van der Waals surface area contributed by atoms with Crippen LogP contribution in [0.15, 0.2) is 39.7 Å². The number of rotatable bonds is 8. The van der Waals surface area contributed by atoms with E-state index in [9.17, 15) is 8.42 Å². The number of aromatic nitrogens is 2. The Hall–Kier alpha value is -1.71. The van der Waals surface area contributed by atoms with Gasteiger partial charge in [-0.05, 0) is 38.1 Å². The lowest BCUT2D eigenvalue weighted by molar-refractivity contribution is 0.583. The van der Waals surface area contributed by atoms with Crippen molar-refractivity contribution in [2.45, 2.75) is 18.7 Å². The van der Waals surface area contributed by atoms with Gasteiger partial charge in [0, 0.05) is 30.2 Å². The largest absolute Gasteiger partial charge is 0.370 e. The molecule has 0 aliphatic carbocycles. The zero-order chi connectivity index (χ0) is 17.6. The highest BCUT2D eigenvalue weighted by Gasteiger charge is 2.12. The molecule has 0 saturated heterocycles. The highest BCUT2D eigenvalue weighted by Crippen LogP contribution is 2.14. The smallest absolute Gasteiger partial charge is 0.240 e. The van der Waals surface area contributed by atoms with E-state index in [1.165, 1.54) is 0 Å². The second-order valence-corrected chi connectivity index (χ2v) is 7.68. The molecule has 0 unspecified atom stereocenters. The van der Waals surface area contributed by atoms with Crippen molar-refractivity contribution >= 4 is 37.6 Å². The van der Waals surface area contributed by atoms with Crippen LogP contribution >= 0.6 is 15.9 Å². The summed E-state index contributed by atoms with van der Waals surface area (Å²) in [6, 6.07) is 8.28. The highest BCUT2D eigenvalue weighted by atomic mass is 79.9. The quantitative estimate of drug-likeness (QED) is 0.574. The van der Waals surface area contributed by atoms with Crippen molar-refractivity contribution in [3.05, 3.63) is 40.6 Å². The SMILES string of the molecule is CCNc1cc(NCCNS(=O)(=O)c2ccc(Br)cc2)nc(C)n1. The highest BCUT2D eigenvalue weighted by molar-refractivity contribution is 9.10. The Bertz CT molecular complexity index is 781. The molecule has 1 aromatic heterocycles. The van der Waals surface area contributed by atoms with Gasteiger partial charge < -0.3 is 10.6 Å². The van der Waals surface area contributed by atoms with E-state index < -0.39 is 10.0 Å². The molecule has 0 saturated carbocycles. The first kappa shape index (κ1) is 18.6. The van der Waals surface area contributed by atoms with Gasteiger partial charge in [0.25, 0.3) is 0 Å². The Kier molecular flexibility index (Phi) is 6.52. The third kappa shape index (κ3) is 5.43. The maximum absolute atomic E-state index is 12.2. The van der Waals surface area contributed by atoms with Gasteiger partial charge in [0.1, 0.15) is 17.5 Å². The second-order valence-electron chi connectivity index (χ2n) is 4.99. The van der Waals surface area contributed by atoms with Gasteiger partial charge in [-0.25, -0.2) is 23.1 Å². The van der Waals surface area contributed by atoms with Crippen molar-refractivity contribution in [2.24, 2.45) is 0 Å². The van der Waals surface area contributed by atoms with Gasteiger partial charge in [0.2, 0.25) is 10.0 Å². The van der Waals surface area contributed by atoms with Crippen LogP contribution in [0.5, 0.6) is 0 Å². The molecule has 2 aromatic rings. The maximum atomic E-state index is 12.2. The Morgan fingerprint density at radius 2 is 1.67 bits per heavy atom. The number of sulfonamides is 1. The molecule has 0 aliphatic rings. The molecular formula is C15H20BrN5O2S. The fourth-order valence-electron chi connectivity index (χ4n) is 2.00. The van der Waals surface area contributed by atoms with Crippen LogP contribution in [0, 0.1) is 6.92 Å². The molecule has 3 N–H and O–H groups in total. The molecule has 130 valence electrons. The van der Waals surface area contributed by atoms with Crippen LogP contribution in [-0.4, -0.2) is 38.0 Å². The molecule has 9 heteroatoms. The van der Waals surface area contributed by atoms with E-state index in [1.807, 2.05) is 13.8 Å². The van der Waals surface area contributed by atoms with Crippen LogP contribution in [-0.2, 0) is 10.0 Å². The molecule has 1 aromatic carbocycles. The summed E-state index contributed by atoms with van der Waals surface area (Å²) in [6.07, 6.45) is 0. The van der Waals surface area contributed by atoms with E-state index in [1.54, 1.807) is 30.3 Å². The van der Waals surface area contributed by atoms with Gasteiger partial charge in [-0.15, -0.1) is 0 Å². The van der Waals surface area contributed by atoms with Crippen molar-refractivity contribution in [2.75, 3.05) is 30.3 Å². The minimum Gasteiger partial charge on any atom is -0.370 e. The van der Waals surface area contributed by atoms with Crippen molar-refractivity contribution in [1.82, 2.24) is 14.7 Å². The minimum absolute atomic E-state index is 0.234. The van der Waals surface area contributed by atoms with Gasteiger partial charge >= 0.3 is 0 Å². The second kappa shape index (κ2) is 8.41. The van der Waals surface area contributed by atoms with E-state index >= 15 is 0 Å². The summed E-state index contributed by atoms with van der Waals surface area (Å²) in [7, 11) is -3.51. The fourth-order valence-corrected chi connectivity index (χ4v) is 3.30. The van der Waals surface area contributed by atoms with Gasteiger partial charge in [-0.1, -0.05) is 15.9 Å². The molecule has 7 nitrogen and oxygen atoms in total. The summed E-state index contributed by atoms with van der Waals surface area (Å²) in [6.45, 7) is 5.22. The summed E-state index contributed by atoms with van der Waals surface area (Å²) >= 11 is 3.28. The van der Waals surface area contributed by atoms with Gasteiger partial charge in [-0.3, -0.25) is 0 Å². The molecular weight excluding hydrogens is 394 g/mol. The Morgan fingerprint density at radius 3 is 2.29 bits per heavy atom. The van der Waals surface area contributed by atoms with E-state index in [0.29, 0.717) is 18.2 Å². The topological polar surface area (TPSA) is 96.0 Å². The van der Waals surface area contributed by atoms with Gasteiger partial charge in [0.05, 0.1) is 4.90 Å². The van der Waals surface area contributed by atoms with Gasteiger partial charge in [-0.2, -0.15) is 0 Å². The van der Waals surface area contributed by atoms with Crippen molar-refractivity contribution in [3.63, 3.8) is 0 Å². The van der Waals surface area contributed by atoms with E-state index in [2.05, 4.69) is 41.3 Å². The maximum Gasteiger partial charge on any atom is 0.240 e. The van der Waals surface area contributed by atoms with E-state index in [-0.39, 0.29) is 11.4 Å². The Labute approximate surface area is 150 Å². The monoisotopic (exact) mass is 413 g/mol. The normalized spacial score (nSPS) is 11.3. The molecule has 0 radical (unpaired) electrons. The summed E-state index contributed by atoms with van der Waals surface area (Å²) < 4.78 is 27.7. The first-order chi connectivity index (χ1) is 11.4. The number of nitrogens with one attached hydrogen (secondary N) is 3. The third-order valence-electron chi connectivity index (χ3n) is 3.04. The van der Waals surface area contributed by atoms with E-state index in [0.717, 1.165) is 16.8 Å². The predicted octanol–water partition coefficient (Wildman–Crippen LogP) is 2.37. The van der Waals surface area contributed by atoms with E-state index in [4.69, 9.17) is 0 Å². The zero-order valence-corrected chi connectivity index (χ0v) is 15.9. The summed E-state index contributed by atoms with van der Waals surface area (Å²) in [5.74, 6) is 2.04. The van der Waals surface area contributed by atoms with Crippen LogP contribution < -0.4 is 15.4 Å². The number of benzene rings is 1. The van der Waals surface area contributed by atoms with Crippen LogP contribution in [0.4, 0.5) is 11.6 Å². The molecule has 0 amide bonds. The average Bonchev–Trinajstić information content (AvgIpc) is 2.52. The molecule has 0 aliphatic heterocycles. The predicted molar refractivity (Wildman–Crippen MR) is 98.8 cm³/mol. The average molecular weight is 414 g/mol. The Morgan fingerprint density at radius 1 is 1.04 bits per heavy atom. The molecule has 0 bridgehead atoms. The number of hydrogen-bond acceptors (Lipinski definition) is 6. The standard InChI is InChI=1S/C15H20BrN5O2S/c1-3-17-14-10-15(21-11(2)20-14)18-8-9-19-24(22,23)13-6-4-12(16)5-7-13/h4-7,10,19H,3,8-9H2,1-2H3,(H2,17,18,20,21). The molecule has 0 atom stereocenters. The Balaban J connectivity index is 1.89. The first-order valence-corrected chi connectivity index (χ1v) is 9.77. The number of anilines is 2. The summed E-state index contributed by atoms with van der Waals surface area (Å²) in [5, 5.41) is 6.21. The van der Waals surface area contributed by atoms with Crippen molar-refractivity contribution in [1.29, 1.82) is 0 Å². The lowest BCUT2D eigenvalue weighted by Gasteiger charge is -2.10. The number of halogens is 1. The molecule has 0 spiro atoms. The molecule has 0 fully saturated rings. The van der Waals surface area contributed by atoms with Crippen LogP contribution in [0.25, 0.3) is 0 Å². The molecule has 24 heavy (non-hydrogen) atoms. The van der Waals surface area contributed by atoms with Crippen LogP contribution in [0.1, 0.15) is 12.7 Å². The summed E-state index contributed by atoms with van der Waals surface area (Å²) in [5.41, 5.74) is 0. The minimum atomic E-state index is -3.51. The summed E-state index contributed by atoms with van der Waals surface area (Å²) in [4.78, 5) is 8.77. The van der Waals surface area contributed by atoms with Gasteiger partial charge in [0.15, 0.2) is 0 Å². The zero-order valence-electron chi connectivity index (χ0n) is 13.5. The molecule has 1 heterocycles. The number of nitrogens with zero attached hydrogens (tertiary/aromatic N) is 2. The number of hydrogen-bond donors (Lipinski definition) is 3. The van der Waals surface area contributed by atoms with Crippen LogP contribution in [0.3, 0.4) is 0 Å². The van der Waals surface area contributed by atoms with Crippen LogP contribution in [0.2, 0.25) is 0 Å². The number of aryl methyl sites for hydroxylation is 1. The lowest BCUT2D eigenvalue weighted by atomic mass is 10.4. The third-order valence-corrected chi connectivity index (χ3v) is 5.05. The van der Waals surface area contributed by atoms with Crippen molar-refractivity contribution < 1.29 is 8.42 Å². The van der Waals surface area contributed by atoms with Crippen molar-refractivity contribution in [3.8, 4) is 0 Å².